The second kappa shape index (κ2) is 8.97. The highest BCUT2D eigenvalue weighted by molar-refractivity contribution is 8.00. The van der Waals surface area contributed by atoms with Crippen LogP contribution in [0.1, 0.15) is 29.4 Å². The first-order valence-corrected chi connectivity index (χ1v) is 8.61. The third-order valence-electron chi connectivity index (χ3n) is 3.01. The highest BCUT2D eigenvalue weighted by atomic mass is 32.2. The minimum absolute atomic E-state index is 0.0826. The van der Waals surface area contributed by atoms with E-state index in [-0.39, 0.29) is 11.7 Å². The van der Waals surface area contributed by atoms with Crippen molar-refractivity contribution >= 4 is 29.3 Å². The Morgan fingerprint density at radius 1 is 1.28 bits per heavy atom. The molecule has 2 rings (SSSR count). The van der Waals surface area contributed by atoms with Crippen molar-refractivity contribution in [3.63, 3.8) is 0 Å². The van der Waals surface area contributed by atoms with Gasteiger partial charge in [-0.25, -0.2) is 14.7 Å². The molecule has 0 saturated carbocycles. The lowest BCUT2D eigenvalue weighted by Crippen LogP contribution is -2.17. The zero-order valence-electron chi connectivity index (χ0n) is 13.9. The summed E-state index contributed by atoms with van der Waals surface area (Å²) in [5.41, 5.74) is 0.980. The molecule has 1 aromatic heterocycles. The molecular weight excluding hydrogens is 344 g/mol. The van der Waals surface area contributed by atoms with Crippen LogP contribution in [-0.2, 0) is 9.53 Å². The van der Waals surface area contributed by atoms with Crippen LogP contribution < -0.4 is 11.0 Å². The van der Waals surface area contributed by atoms with E-state index in [0.717, 1.165) is 18.2 Å². The molecule has 0 unspecified atom stereocenters. The van der Waals surface area contributed by atoms with Gasteiger partial charge in [-0.05, 0) is 37.6 Å². The highest BCUT2D eigenvalue weighted by Crippen LogP contribution is 2.17. The normalized spacial score (nSPS) is 10.3. The van der Waals surface area contributed by atoms with Gasteiger partial charge in [-0.3, -0.25) is 4.79 Å². The molecule has 2 N–H and O–H groups in total. The Bertz CT molecular complexity index is 805. The lowest BCUT2D eigenvalue weighted by atomic mass is 10.2. The Labute approximate surface area is 148 Å². The van der Waals surface area contributed by atoms with Crippen molar-refractivity contribution in [2.24, 2.45) is 0 Å². The maximum atomic E-state index is 12.0. The molecule has 2 aromatic rings. The van der Waals surface area contributed by atoms with Gasteiger partial charge in [-0.1, -0.05) is 18.7 Å². The molecule has 0 aliphatic rings. The Morgan fingerprint density at radius 2 is 2.00 bits per heavy atom. The zero-order chi connectivity index (χ0) is 18.2. The van der Waals surface area contributed by atoms with E-state index in [9.17, 15) is 14.4 Å². The largest absolute Gasteiger partial charge is 0.462 e. The van der Waals surface area contributed by atoms with Crippen LogP contribution in [0.25, 0.3) is 0 Å². The molecule has 25 heavy (non-hydrogen) atoms. The van der Waals surface area contributed by atoms with Gasteiger partial charge < -0.3 is 10.1 Å². The number of rotatable bonds is 7. The fourth-order valence-electron chi connectivity index (χ4n) is 1.81. The number of aromatic nitrogens is 3. The van der Waals surface area contributed by atoms with E-state index < -0.39 is 11.7 Å². The van der Waals surface area contributed by atoms with Crippen molar-refractivity contribution in [2.75, 3.05) is 17.7 Å². The number of esters is 1. The van der Waals surface area contributed by atoms with Crippen molar-refractivity contribution in [1.29, 1.82) is 0 Å². The van der Waals surface area contributed by atoms with E-state index in [1.54, 1.807) is 31.2 Å². The molecule has 8 nitrogen and oxygen atoms in total. The number of anilines is 1. The van der Waals surface area contributed by atoms with E-state index in [1.807, 2.05) is 6.92 Å². The van der Waals surface area contributed by atoms with E-state index in [4.69, 9.17) is 4.74 Å². The van der Waals surface area contributed by atoms with Gasteiger partial charge in [0.1, 0.15) is 5.03 Å². The summed E-state index contributed by atoms with van der Waals surface area (Å²) >= 11 is 1.13. The van der Waals surface area contributed by atoms with Gasteiger partial charge in [0.15, 0.2) is 0 Å². The topological polar surface area (TPSA) is 114 Å². The first-order valence-electron chi connectivity index (χ1n) is 7.62. The van der Waals surface area contributed by atoms with Crippen LogP contribution in [0.3, 0.4) is 0 Å². The average molecular weight is 362 g/mol. The number of nitrogens with zero attached hydrogens (tertiary/aromatic N) is 2. The number of amides is 1. The van der Waals surface area contributed by atoms with Crippen LogP contribution in [0.4, 0.5) is 5.69 Å². The van der Waals surface area contributed by atoms with Crippen LogP contribution >= 0.6 is 11.8 Å². The Kier molecular flexibility index (Phi) is 6.70. The SMILES string of the molecule is CCCOC(=O)c1ccc(NC(=O)CSc2nc(=O)[nH]nc2C)cc1. The van der Waals surface area contributed by atoms with Crippen molar-refractivity contribution in [2.45, 2.75) is 25.3 Å². The second-order valence-electron chi connectivity index (χ2n) is 5.08. The number of ether oxygens (including phenoxy) is 1. The molecule has 0 saturated heterocycles. The molecule has 0 aliphatic carbocycles. The maximum absolute atomic E-state index is 12.0. The molecule has 1 heterocycles. The van der Waals surface area contributed by atoms with Crippen LogP contribution in [0, 0.1) is 6.92 Å². The molecule has 0 spiro atoms. The van der Waals surface area contributed by atoms with Gasteiger partial charge in [0.25, 0.3) is 0 Å². The van der Waals surface area contributed by atoms with Gasteiger partial charge >= 0.3 is 11.7 Å². The molecule has 1 aromatic carbocycles. The third kappa shape index (κ3) is 5.71. The van der Waals surface area contributed by atoms with Crippen LogP contribution in [0.2, 0.25) is 0 Å². The summed E-state index contributed by atoms with van der Waals surface area (Å²) in [6, 6.07) is 6.44. The van der Waals surface area contributed by atoms with Crippen molar-refractivity contribution in [3.05, 3.63) is 46.0 Å². The quantitative estimate of drug-likeness (QED) is 0.570. The maximum Gasteiger partial charge on any atom is 0.362 e. The Hall–Kier alpha value is -2.68. The first kappa shape index (κ1) is 18.7. The average Bonchev–Trinajstić information content (AvgIpc) is 2.61. The number of aromatic amines is 1. The monoisotopic (exact) mass is 362 g/mol. The van der Waals surface area contributed by atoms with Crippen LogP contribution in [0.15, 0.2) is 34.1 Å². The van der Waals surface area contributed by atoms with Gasteiger partial charge in [0, 0.05) is 5.69 Å². The predicted octanol–water partition coefficient (Wildman–Crippen LogP) is 1.77. The van der Waals surface area contributed by atoms with E-state index in [1.165, 1.54) is 0 Å². The lowest BCUT2D eigenvalue weighted by Gasteiger charge is -2.07. The third-order valence-corrected chi connectivity index (χ3v) is 4.08. The van der Waals surface area contributed by atoms with Gasteiger partial charge in [0.2, 0.25) is 5.91 Å². The number of carbonyl (C=O) groups excluding carboxylic acids is 2. The molecule has 0 aliphatic heterocycles. The van der Waals surface area contributed by atoms with Crippen LogP contribution in [0.5, 0.6) is 0 Å². The number of nitrogens with one attached hydrogen (secondary N) is 2. The number of hydrogen-bond donors (Lipinski definition) is 2. The molecule has 0 fully saturated rings. The standard InChI is InChI=1S/C16H18N4O4S/c1-3-8-24-15(22)11-4-6-12(7-5-11)17-13(21)9-25-14-10(2)19-20-16(23)18-14/h4-7H,3,8-9H2,1-2H3,(H,17,21)(H,18,20,23). The summed E-state index contributed by atoms with van der Waals surface area (Å²) in [5.74, 6) is -0.564. The lowest BCUT2D eigenvalue weighted by molar-refractivity contribution is -0.113. The molecule has 0 radical (unpaired) electrons. The number of carbonyl (C=O) groups is 2. The smallest absolute Gasteiger partial charge is 0.362 e. The highest BCUT2D eigenvalue weighted by Gasteiger charge is 2.10. The second-order valence-corrected chi connectivity index (χ2v) is 6.05. The number of hydrogen-bond acceptors (Lipinski definition) is 7. The summed E-state index contributed by atoms with van der Waals surface area (Å²) in [5, 5.41) is 9.14. The number of benzene rings is 1. The molecule has 1 amide bonds. The van der Waals surface area contributed by atoms with Gasteiger partial charge in [-0.2, -0.15) is 10.1 Å². The van der Waals surface area contributed by atoms with Gasteiger partial charge in [-0.15, -0.1) is 0 Å². The van der Waals surface area contributed by atoms with Crippen molar-refractivity contribution in [1.82, 2.24) is 15.2 Å². The Morgan fingerprint density at radius 3 is 2.68 bits per heavy atom. The predicted molar refractivity (Wildman–Crippen MR) is 93.8 cm³/mol. The first-order chi connectivity index (χ1) is 12.0. The molecule has 0 atom stereocenters. The zero-order valence-corrected chi connectivity index (χ0v) is 14.7. The number of H-pyrrole nitrogens is 1. The summed E-state index contributed by atoms with van der Waals surface area (Å²) in [6.45, 7) is 3.99. The summed E-state index contributed by atoms with van der Waals surface area (Å²) in [7, 11) is 0. The van der Waals surface area contributed by atoms with Gasteiger partial charge in [0.05, 0.1) is 23.6 Å². The Balaban J connectivity index is 1.89. The summed E-state index contributed by atoms with van der Waals surface area (Å²) in [4.78, 5) is 38.6. The van der Waals surface area contributed by atoms with E-state index in [0.29, 0.717) is 28.6 Å². The fraction of sp³-hybridized carbons (Fsp3) is 0.312. The summed E-state index contributed by atoms with van der Waals surface area (Å²) in [6.07, 6.45) is 0.759. The molecule has 132 valence electrons. The fourth-order valence-corrected chi connectivity index (χ4v) is 2.56. The number of aryl methyl sites for hydroxylation is 1. The van der Waals surface area contributed by atoms with Crippen molar-refractivity contribution in [3.8, 4) is 0 Å². The molecular formula is C16H18N4O4S. The molecule has 0 bridgehead atoms. The minimum atomic E-state index is -0.556. The number of thioether (sulfide) groups is 1. The van der Waals surface area contributed by atoms with E-state index in [2.05, 4.69) is 20.5 Å². The minimum Gasteiger partial charge on any atom is -0.462 e. The molecule has 9 heteroatoms. The van der Waals surface area contributed by atoms with Crippen LogP contribution in [-0.4, -0.2) is 39.4 Å². The van der Waals surface area contributed by atoms with Crippen molar-refractivity contribution < 1.29 is 14.3 Å². The summed E-state index contributed by atoms with van der Waals surface area (Å²) < 4.78 is 5.04. The van der Waals surface area contributed by atoms with E-state index >= 15 is 0 Å².